The summed E-state index contributed by atoms with van der Waals surface area (Å²) >= 11 is 0. The first-order valence-corrected chi connectivity index (χ1v) is 6.26. The number of hydrogen-bond donors (Lipinski definition) is 2. The molecular formula is C14H15F2N3O2. The van der Waals surface area contributed by atoms with Gasteiger partial charge >= 0.3 is 6.03 Å². The number of hydrogen-bond acceptors (Lipinski definition) is 2. The first kappa shape index (κ1) is 15.0. The SMILES string of the molecule is CC1=C(C(=O)N(C)C)[C@@H](c2c(F)cccc2F)NC(=O)N1. The van der Waals surface area contributed by atoms with Crippen LogP contribution in [0.15, 0.2) is 29.5 Å². The van der Waals surface area contributed by atoms with E-state index in [1.807, 2.05) is 0 Å². The van der Waals surface area contributed by atoms with Gasteiger partial charge in [0, 0.05) is 19.8 Å². The Morgan fingerprint density at radius 2 is 1.81 bits per heavy atom. The van der Waals surface area contributed by atoms with E-state index in [1.54, 1.807) is 0 Å². The molecule has 0 saturated carbocycles. The number of nitrogens with one attached hydrogen (secondary N) is 2. The van der Waals surface area contributed by atoms with E-state index in [9.17, 15) is 18.4 Å². The predicted octanol–water partition coefficient (Wildman–Crippen LogP) is 1.68. The largest absolute Gasteiger partial charge is 0.345 e. The van der Waals surface area contributed by atoms with E-state index < -0.39 is 29.6 Å². The summed E-state index contributed by atoms with van der Waals surface area (Å²) in [5.74, 6) is -2.08. The Morgan fingerprint density at radius 3 is 2.33 bits per heavy atom. The second-order valence-electron chi connectivity index (χ2n) is 4.91. The monoisotopic (exact) mass is 295 g/mol. The molecule has 0 bridgehead atoms. The number of amides is 3. The molecule has 1 aliphatic heterocycles. The fourth-order valence-corrected chi connectivity index (χ4v) is 2.22. The van der Waals surface area contributed by atoms with Gasteiger partial charge in [0.15, 0.2) is 0 Å². The number of urea groups is 1. The summed E-state index contributed by atoms with van der Waals surface area (Å²) in [4.78, 5) is 25.1. The number of nitrogens with zero attached hydrogens (tertiary/aromatic N) is 1. The average Bonchev–Trinajstić information content (AvgIpc) is 2.37. The molecule has 1 heterocycles. The highest BCUT2D eigenvalue weighted by molar-refractivity contribution is 5.98. The van der Waals surface area contributed by atoms with Crippen LogP contribution in [0.2, 0.25) is 0 Å². The summed E-state index contributed by atoms with van der Waals surface area (Å²) in [5.41, 5.74) is 0.0191. The molecule has 0 aliphatic carbocycles. The molecule has 3 amide bonds. The smallest absolute Gasteiger partial charge is 0.319 e. The van der Waals surface area contributed by atoms with Crippen LogP contribution in [-0.2, 0) is 4.79 Å². The van der Waals surface area contributed by atoms with Gasteiger partial charge in [0.25, 0.3) is 5.91 Å². The van der Waals surface area contributed by atoms with Gasteiger partial charge in [-0.05, 0) is 19.1 Å². The van der Waals surface area contributed by atoms with E-state index >= 15 is 0 Å². The van der Waals surface area contributed by atoms with Crippen molar-refractivity contribution in [3.63, 3.8) is 0 Å². The third-order valence-corrected chi connectivity index (χ3v) is 3.19. The Bertz CT molecular complexity index is 621. The lowest BCUT2D eigenvalue weighted by atomic mass is 9.93. The average molecular weight is 295 g/mol. The van der Waals surface area contributed by atoms with Gasteiger partial charge in [-0.2, -0.15) is 0 Å². The van der Waals surface area contributed by atoms with E-state index in [0.717, 1.165) is 12.1 Å². The lowest BCUT2D eigenvalue weighted by Crippen LogP contribution is -2.47. The van der Waals surface area contributed by atoms with E-state index in [2.05, 4.69) is 10.6 Å². The van der Waals surface area contributed by atoms with Crippen molar-refractivity contribution in [2.24, 2.45) is 0 Å². The molecule has 2 rings (SSSR count). The zero-order chi connectivity index (χ0) is 15.7. The highest BCUT2D eigenvalue weighted by atomic mass is 19.1. The topological polar surface area (TPSA) is 61.4 Å². The van der Waals surface area contributed by atoms with Crippen molar-refractivity contribution < 1.29 is 18.4 Å². The van der Waals surface area contributed by atoms with Crippen molar-refractivity contribution in [2.45, 2.75) is 13.0 Å². The van der Waals surface area contributed by atoms with Crippen LogP contribution in [0.4, 0.5) is 13.6 Å². The molecule has 5 nitrogen and oxygen atoms in total. The van der Waals surface area contributed by atoms with E-state index in [4.69, 9.17) is 0 Å². The molecule has 112 valence electrons. The molecule has 0 spiro atoms. The van der Waals surface area contributed by atoms with Crippen molar-refractivity contribution in [1.29, 1.82) is 0 Å². The first-order chi connectivity index (χ1) is 9.82. The maximum Gasteiger partial charge on any atom is 0.319 e. The number of carbonyl (C=O) groups is 2. The number of rotatable bonds is 2. The maximum absolute atomic E-state index is 14.0. The van der Waals surface area contributed by atoms with Crippen molar-refractivity contribution in [3.8, 4) is 0 Å². The van der Waals surface area contributed by atoms with E-state index in [0.29, 0.717) is 0 Å². The summed E-state index contributed by atoms with van der Waals surface area (Å²) in [6, 6.07) is 1.60. The summed E-state index contributed by atoms with van der Waals surface area (Å²) in [5, 5.41) is 4.84. The van der Waals surface area contributed by atoms with Crippen LogP contribution in [0, 0.1) is 11.6 Å². The van der Waals surface area contributed by atoms with Crippen LogP contribution >= 0.6 is 0 Å². The highest BCUT2D eigenvalue weighted by Gasteiger charge is 2.35. The molecular weight excluding hydrogens is 280 g/mol. The summed E-state index contributed by atoms with van der Waals surface area (Å²) < 4.78 is 27.9. The Hall–Kier alpha value is -2.44. The molecule has 1 atom stereocenters. The van der Waals surface area contributed by atoms with Gasteiger partial charge in [0.2, 0.25) is 0 Å². The van der Waals surface area contributed by atoms with Crippen LogP contribution in [0.25, 0.3) is 0 Å². The number of carbonyl (C=O) groups excluding carboxylic acids is 2. The third-order valence-electron chi connectivity index (χ3n) is 3.19. The van der Waals surface area contributed by atoms with Gasteiger partial charge in [-0.25, -0.2) is 13.6 Å². The Labute approximate surface area is 120 Å². The Kier molecular flexibility index (Phi) is 3.93. The number of halogens is 2. The van der Waals surface area contributed by atoms with Gasteiger partial charge < -0.3 is 15.5 Å². The molecule has 1 aromatic carbocycles. The fourth-order valence-electron chi connectivity index (χ4n) is 2.22. The van der Waals surface area contributed by atoms with E-state index in [1.165, 1.54) is 32.0 Å². The van der Waals surface area contributed by atoms with Gasteiger partial charge in [-0.3, -0.25) is 4.79 Å². The standard InChI is InChI=1S/C14H15F2N3O2/c1-7-10(13(20)19(2)3)12(18-14(21)17-7)11-8(15)5-4-6-9(11)16/h4-6,12H,1-3H3,(H2,17,18,21)/t12-/m0/s1. The van der Waals surface area contributed by atoms with Crippen molar-refractivity contribution in [2.75, 3.05) is 14.1 Å². The minimum absolute atomic E-state index is 0.101. The van der Waals surface area contributed by atoms with Crippen LogP contribution in [0.3, 0.4) is 0 Å². The predicted molar refractivity (Wildman–Crippen MR) is 72.2 cm³/mol. The van der Waals surface area contributed by atoms with Gasteiger partial charge in [0.05, 0.1) is 17.2 Å². The third kappa shape index (κ3) is 2.72. The molecule has 0 radical (unpaired) electrons. The maximum atomic E-state index is 14.0. The summed E-state index contributed by atoms with van der Waals surface area (Å²) in [6.07, 6.45) is 0. The minimum atomic E-state index is -1.17. The molecule has 2 N–H and O–H groups in total. The number of benzene rings is 1. The second-order valence-corrected chi connectivity index (χ2v) is 4.91. The quantitative estimate of drug-likeness (QED) is 0.872. The van der Waals surface area contributed by atoms with Gasteiger partial charge in [-0.1, -0.05) is 6.07 Å². The first-order valence-electron chi connectivity index (χ1n) is 6.26. The second kappa shape index (κ2) is 5.51. The van der Waals surface area contributed by atoms with Crippen LogP contribution in [-0.4, -0.2) is 30.9 Å². The molecule has 0 unspecified atom stereocenters. The number of allylic oxidation sites excluding steroid dienone is 1. The van der Waals surface area contributed by atoms with Crippen LogP contribution < -0.4 is 10.6 Å². The Morgan fingerprint density at radius 1 is 1.24 bits per heavy atom. The number of likely N-dealkylation sites (N-methyl/N-ethyl adjacent to an activating group) is 1. The zero-order valence-electron chi connectivity index (χ0n) is 11.8. The lowest BCUT2D eigenvalue weighted by molar-refractivity contribution is -0.125. The zero-order valence-corrected chi connectivity index (χ0v) is 11.8. The van der Waals surface area contributed by atoms with Crippen molar-refractivity contribution >= 4 is 11.9 Å². The molecule has 21 heavy (non-hydrogen) atoms. The van der Waals surface area contributed by atoms with Gasteiger partial charge in [0.1, 0.15) is 11.6 Å². The minimum Gasteiger partial charge on any atom is -0.345 e. The van der Waals surface area contributed by atoms with Gasteiger partial charge in [-0.15, -0.1) is 0 Å². The Balaban J connectivity index is 2.61. The summed E-state index contributed by atoms with van der Waals surface area (Å²) in [6.45, 7) is 1.52. The summed E-state index contributed by atoms with van der Waals surface area (Å²) in [7, 11) is 3.04. The van der Waals surface area contributed by atoms with Crippen molar-refractivity contribution in [1.82, 2.24) is 15.5 Å². The van der Waals surface area contributed by atoms with E-state index in [-0.39, 0.29) is 16.8 Å². The molecule has 1 aromatic rings. The van der Waals surface area contributed by atoms with Crippen molar-refractivity contribution in [3.05, 3.63) is 46.7 Å². The lowest BCUT2D eigenvalue weighted by Gasteiger charge is -2.30. The molecule has 0 saturated heterocycles. The highest BCUT2D eigenvalue weighted by Crippen LogP contribution is 2.31. The normalized spacial score (nSPS) is 18.1. The van der Waals surface area contributed by atoms with Crippen LogP contribution in [0.1, 0.15) is 18.5 Å². The van der Waals surface area contributed by atoms with Crippen LogP contribution in [0.5, 0.6) is 0 Å². The molecule has 0 fully saturated rings. The molecule has 0 aromatic heterocycles. The fraction of sp³-hybridized carbons (Fsp3) is 0.286. The molecule has 1 aliphatic rings. The molecule has 7 heteroatoms.